The van der Waals surface area contributed by atoms with Crippen LogP contribution in [-0.4, -0.2) is 122 Å². The number of aliphatic hydroxyl groups is 1. The second kappa shape index (κ2) is 27.3. The number of cyclic esters (lactones) is 1. The molecule has 13 nitrogen and oxygen atoms in total. The SMILES string of the molecule is CCCO[C@@H]1CC[C@@H](C[C@@H](C)C2CC(=O)C(C)=CC(C)[C@@H](C)[C@@H](OC)C(=O)[C@H](C)C[C@H](C)C=CC=CC=C(C)[C@@H](OC)C[C@@H]3CC[C@@H](C)[C@@](O)(O3)C(=O)C(=O)N3CCCC[C@H]3C(=O)O2)C[C@H]1OC. The number of ketones is 3. The molecular weight excluding hydrogens is 867 g/mol. The second-order valence-corrected chi connectivity index (χ2v) is 20.8. The molecule has 13 heteroatoms. The summed E-state index contributed by atoms with van der Waals surface area (Å²) in [6.07, 6.45) is 16.5. The van der Waals surface area contributed by atoms with Crippen LogP contribution in [0.4, 0.5) is 0 Å². The van der Waals surface area contributed by atoms with Crippen molar-refractivity contribution in [2.75, 3.05) is 34.5 Å². The molecule has 15 atom stereocenters. The van der Waals surface area contributed by atoms with E-state index in [2.05, 4.69) is 19.9 Å². The molecular formula is C55H87NO12. The fraction of sp³-hybridized carbons (Fsp3) is 0.764. The molecule has 3 heterocycles. The minimum Gasteiger partial charge on any atom is -0.460 e. The number of hydrogen-bond donors (Lipinski definition) is 1. The Morgan fingerprint density at radius 2 is 1.59 bits per heavy atom. The molecule has 2 bridgehead atoms. The Bertz CT molecular complexity index is 1800. The van der Waals surface area contributed by atoms with Crippen LogP contribution in [0.2, 0.25) is 0 Å². The van der Waals surface area contributed by atoms with Gasteiger partial charge in [0.2, 0.25) is 5.79 Å². The molecule has 1 N–H and O–H groups in total. The predicted molar refractivity (Wildman–Crippen MR) is 262 cm³/mol. The van der Waals surface area contributed by atoms with Crippen molar-refractivity contribution in [3.63, 3.8) is 0 Å². The van der Waals surface area contributed by atoms with Gasteiger partial charge in [0.05, 0.1) is 24.4 Å². The lowest BCUT2D eigenvalue weighted by atomic mass is 9.78. The molecule has 3 fully saturated rings. The van der Waals surface area contributed by atoms with Gasteiger partial charge in [-0.25, -0.2) is 4.79 Å². The number of amides is 1. The summed E-state index contributed by atoms with van der Waals surface area (Å²) in [6, 6.07) is -1.09. The molecule has 0 aromatic rings. The van der Waals surface area contributed by atoms with Crippen LogP contribution < -0.4 is 0 Å². The lowest BCUT2D eigenvalue weighted by Crippen LogP contribution is -2.61. The predicted octanol–water partition coefficient (Wildman–Crippen LogP) is 8.89. The summed E-state index contributed by atoms with van der Waals surface area (Å²) in [4.78, 5) is 72.5. The molecule has 2 saturated heterocycles. The zero-order valence-corrected chi connectivity index (χ0v) is 43.5. The maximum absolute atomic E-state index is 14.5. The first kappa shape index (κ1) is 57.3. The molecule has 0 radical (unpaired) electrons. The van der Waals surface area contributed by atoms with Gasteiger partial charge in [0, 0.05) is 59.2 Å². The summed E-state index contributed by atoms with van der Waals surface area (Å²) in [7, 11) is 4.86. The van der Waals surface area contributed by atoms with Crippen molar-refractivity contribution in [2.45, 2.75) is 194 Å². The Morgan fingerprint density at radius 1 is 0.853 bits per heavy atom. The maximum atomic E-state index is 14.5. The van der Waals surface area contributed by atoms with Crippen LogP contribution in [0.15, 0.2) is 47.6 Å². The molecule has 1 saturated carbocycles. The van der Waals surface area contributed by atoms with E-state index < -0.39 is 59.8 Å². The van der Waals surface area contributed by atoms with Crippen molar-refractivity contribution in [3.05, 3.63) is 47.6 Å². The number of fused-ring (bicyclic) bond motifs is 3. The molecule has 0 aromatic carbocycles. The summed E-state index contributed by atoms with van der Waals surface area (Å²) in [6.45, 7) is 18.2. The number of nitrogens with zero attached hydrogens (tertiary/aromatic N) is 1. The monoisotopic (exact) mass is 954 g/mol. The van der Waals surface area contributed by atoms with Crippen LogP contribution in [0.3, 0.4) is 0 Å². The molecule has 4 aliphatic rings. The standard InChI is InChI=1S/C55H87NO12/c1-13-27-66-46-25-23-42(31-49(46)64-11)30-38(6)48-33-45(57)37(5)29-36(4)41(9)51(65-12)50(58)39(7)28-34(2)19-15-14-16-20-35(3)47(63-10)32-43-24-22-40(8)55(62,68-43)52(59)53(60)56-26-18-17-21-44(56)54(61)67-48/h14-16,19-20,29,34,36,38-44,46-49,51,62H,13,17-18,21-28,30-33H2,1-12H3/t34-,36?,38-,39-,40-,41-,42+,43+,44+,46-,47+,48?,49-,51-,55-/m1/s1. The summed E-state index contributed by atoms with van der Waals surface area (Å²) in [5.41, 5.74) is 1.40. The average Bonchev–Trinajstić information content (AvgIpc) is 3.32. The molecule has 0 spiro atoms. The van der Waals surface area contributed by atoms with Crippen LogP contribution >= 0.6 is 0 Å². The van der Waals surface area contributed by atoms with E-state index in [9.17, 15) is 29.1 Å². The van der Waals surface area contributed by atoms with E-state index in [4.69, 9.17) is 28.4 Å². The summed E-state index contributed by atoms with van der Waals surface area (Å²) in [5.74, 6) is -6.68. The smallest absolute Gasteiger partial charge is 0.329 e. The van der Waals surface area contributed by atoms with Crippen molar-refractivity contribution in [3.8, 4) is 0 Å². The van der Waals surface area contributed by atoms with Crippen LogP contribution in [0.25, 0.3) is 0 Å². The Kier molecular flexibility index (Phi) is 23.0. The molecule has 1 aliphatic carbocycles. The number of Topliss-reactive ketones (excluding diaryl/α,β-unsaturated/α-hetero) is 3. The fourth-order valence-electron chi connectivity index (χ4n) is 10.8. The molecule has 4 rings (SSSR count). The third kappa shape index (κ3) is 15.3. The minimum absolute atomic E-state index is 0.00465. The van der Waals surface area contributed by atoms with E-state index in [1.165, 1.54) is 4.90 Å². The number of carbonyl (C=O) groups is 5. The van der Waals surface area contributed by atoms with Gasteiger partial charge in [0.15, 0.2) is 11.6 Å². The highest BCUT2D eigenvalue weighted by atomic mass is 16.6. The van der Waals surface area contributed by atoms with Crippen molar-refractivity contribution < 1.29 is 57.5 Å². The quantitative estimate of drug-likeness (QED) is 0.173. The summed E-state index contributed by atoms with van der Waals surface area (Å²) < 4.78 is 36.3. The largest absolute Gasteiger partial charge is 0.460 e. The van der Waals surface area contributed by atoms with E-state index in [-0.39, 0.29) is 78.7 Å². The highest BCUT2D eigenvalue weighted by Crippen LogP contribution is 2.38. The number of rotatable bonds is 9. The van der Waals surface area contributed by atoms with E-state index in [0.717, 1.165) is 31.3 Å². The molecule has 384 valence electrons. The molecule has 68 heavy (non-hydrogen) atoms. The van der Waals surface area contributed by atoms with Crippen molar-refractivity contribution in [2.24, 2.45) is 41.4 Å². The van der Waals surface area contributed by atoms with Crippen LogP contribution in [0.5, 0.6) is 0 Å². The number of piperidine rings is 1. The molecule has 2 unspecified atom stereocenters. The first-order chi connectivity index (χ1) is 32.3. The number of allylic oxidation sites excluding steroid dienone is 7. The Hall–Kier alpha value is -3.33. The van der Waals surface area contributed by atoms with Crippen LogP contribution in [0.1, 0.15) is 146 Å². The third-order valence-corrected chi connectivity index (χ3v) is 15.5. The molecule has 0 aromatic heterocycles. The molecule has 3 aliphatic heterocycles. The molecule has 1 amide bonds. The number of ether oxygens (including phenoxy) is 6. The Labute approximate surface area is 408 Å². The highest BCUT2D eigenvalue weighted by molar-refractivity contribution is 6.39. The van der Waals surface area contributed by atoms with Crippen molar-refractivity contribution in [1.29, 1.82) is 0 Å². The zero-order valence-electron chi connectivity index (χ0n) is 43.5. The second-order valence-electron chi connectivity index (χ2n) is 20.8. The lowest BCUT2D eigenvalue weighted by molar-refractivity contribution is -0.265. The van der Waals surface area contributed by atoms with E-state index >= 15 is 0 Å². The van der Waals surface area contributed by atoms with Gasteiger partial charge in [-0.3, -0.25) is 19.2 Å². The normalized spacial score (nSPS) is 36.7. The van der Waals surface area contributed by atoms with Crippen molar-refractivity contribution in [1.82, 2.24) is 4.90 Å². The third-order valence-electron chi connectivity index (χ3n) is 15.5. The lowest BCUT2D eigenvalue weighted by Gasteiger charge is -2.42. The first-order valence-electron chi connectivity index (χ1n) is 25.7. The summed E-state index contributed by atoms with van der Waals surface area (Å²) in [5, 5.41) is 12.0. The number of carbonyl (C=O) groups excluding carboxylic acids is 5. The minimum atomic E-state index is -2.40. The van der Waals surface area contributed by atoms with Gasteiger partial charge >= 0.3 is 5.97 Å². The Balaban J connectivity index is 1.70. The van der Waals surface area contributed by atoms with E-state index in [0.29, 0.717) is 57.1 Å². The van der Waals surface area contributed by atoms with E-state index in [1.807, 2.05) is 65.0 Å². The van der Waals surface area contributed by atoms with Gasteiger partial charge in [-0.05, 0) is 125 Å². The van der Waals surface area contributed by atoms with Gasteiger partial charge in [-0.1, -0.05) is 84.9 Å². The van der Waals surface area contributed by atoms with Crippen LogP contribution in [0, 0.1) is 41.4 Å². The number of hydrogen-bond acceptors (Lipinski definition) is 12. The summed E-state index contributed by atoms with van der Waals surface area (Å²) >= 11 is 0. The maximum Gasteiger partial charge on any atom is 0.329 e. The highest BCUT2D eigenvalue weighted by Gasteiger charge is 2.53. The van der Waals surface area contributed by atoms with Crippen molar-refractivity contribution >= 4 is 29.2 Å². The topological polar surface area (TPSA) is 164 Å². The van der Waals surface area contributed by atoms with Gasteiger partial charge in [0.25, 0.3) is 11.7 Å². The number of esters is 1. The van der Waals surface area contributed by atoms with Gasteiger partial charge in [-0.15, -0.1) is 0 Å². The van der Waals surface area contributed by atoms with Gasteiger partial charge in [0.1, 0.15) is 18.2 Å². The zero-order chi connectivity index (χ0) is 50.3. The Morgan fingerprint density at radius 3 is 2.26 bits per heavy atom. The average molecular weight is 954 g/mol. The van der Waals surface area contributed by atoms with Gasteiger partial charge < -0.3 is 38.4 Å². The van der Waals surface area contributed by atoms with Gasteiger partial charge in [-0.2, -0.15) is 0 Å². The number of methoxy groups -OCH3 is 3. The van der Waals surface area contributed by atoms with Crippen LogP contribution in [-0.2, 0) is 52.4 Å². The fourth-order valence-corrected chi connectivity index (χ4v) is 10.8. The first-order valence-corrected chi connectivity index (χ1v) is 25.7. The van der Waals surface area contributed by atoms with E-state index in [1.54, 1.807) is 35.2 Å².